The van der Waals surface area contributed by atoms with E-state index in [0.29, 0.717) is 0 Å². The van der Waals surface area contributed by atoms with Crippen molar-refractivity contribution in [3.63, 3.8) is 0 Å². The Bertz CT molecular complexity index is 1180. The molecule has 1 aliphatic heterocycles. The molecule has 1 unspecified atom stereocenters. The monoisotopic (exact) mass is 507 g/mol. The van der Waals surface area contributed by atoms with Crippen molar-refractivity contribution in [3.05, 3.63) is 59.9 Å². The maximum absolute atomic E-state index is 6.66. The number of aromatic nitrogens is 5. The lowest BCUT2D eigenvalue weighted by Crippen LogP contribution is -2.45. The summed E-state index contributed by atoms with van der Waals surface area (Å²) < 4.78 is 9.09. The summed E-state index contributed by atoms with van der Waals surface area (Å²) in [5.74, 6) is 4.05. The molecular formula is C27H37N5OSSi. The Kier molecular flexibility index (Phi) is 6.21. The van der Waals surface area contributed by atoms with Crippen LogP contribution in [0.1, 0.15) is 57.7 Å². The molecule has 5 rings (SSSR count). The minimum Gasteiger partial charge on any atom is -0.415 e. The van der Waals surface area contributed by atoms with E-state index in [2.05, 4.69) is 79.6 Å². The molecule has 35 heavy (non-hydrogen) atoms. The molecular weight excluding hydrogens is 470 g/mol. The van der Waals surface area contributed by atoms with Gasteiger partial charge in [0.2, 0.25) is 0 Å². The first kappa shape index (κ1) is 24.7. The third-order valence-electron chi connectivity index (χ3n) is 8.11. The molecule has 8 heteroatoms. The molecule has 3 heterocycles. The quantitative estimate of drug-likeness (QED) is 0.388. The molecule has 1 saturated carbocycles. The van der Waals surface area contributed by atoms with Crippen LogP contribution in [0.5, 0.6) is 0 Å². The summed E-state index contributed by atoms with van der Waals surface area (Å²) >= 11 is 2.03. The number of rotatable bonds is 6. The highest BCUT2D eigenvalue weighted by Gasteiger charge is 2.51. The summed E-state index contributed by atoms with van der Waals surface area (Å²) in [6.45, 7) is 15.7. The molecule has 3 aromatic rings. The molecule has 0 amide bonds. The molecule has 6 nitrogen and oxygen atoms in total. The van der Waals surface area contributed by atoms with Gasteiger partial charge in [0, 0.05) is 48.0 Å². The van der Waals surface area contributed by atoms with E-state index < -0.39 is 8.32 Å². The molecule has 2 aromatic heterocycles. The second-order valence-corrected chi connectivity index (χ2v) is 18.3. The number of fused-ring (bicyclic) bond motifs is 1. The first-order valence-electron chi connectivity index (χ1n) is 12.6. The van der Waals surface area contributed by atoms with Crippen LogP contribution >= 0.6 is 11.8 Å². The van der Waals surface area contributed by atoms with Gasteiger partial charge >= 0.3 is 0 Å². The van der Waals surface area contributed by atoms with Crippen LogP contribution in [0.25, 0.3) is 11.4 Å². The van der Waals surface area contributed by atoms with Crippen molar-refractivity contribution in [2.45, 2.75) is 81.8 Å². The van der Waals surface area contributed by atoms with Gasteiger partial charge in [-0.3, -0.25) is 0 Å². The number of nitrogens with zero attached hydrogens (tertiary/aromatic N) is 5. The van der Waals surface area contributed by atoms with Gasteiger partial charge < -0.3 is 8.99 Å². The van der Waals surface area contributed by atoms with Crippen molar-refractivity contribution in [1.29, 1.82) is 0 Å². The summed E-state index contributed by atoms with van der Waals surface area (Å²) in [7, 11) is -1.80. The van der Waals surface area contributed by atoms with Gasteiger partial charge in [-0.15, -0.1) is 10.2 Å². The van der Waals surface area contributed by atoms with Gasteiger partial charge in [0.15, 0.2) is 14.1 Å². The number of thioether (sulfide) groups is 1. The highest BCUT2D eigenvalue weighted by Crippen LogP contribution is 2.53. The lowest BCUT2D eigenvalue weighted by atomic mass is 9.93. The molecule has 1 atom stereocenters. The first-order valence-corrected chi connectivity index (χ1v) is 16.5. The van der Waals surface area contributed by atoms with Crippen LogP contribution in [0.15, 0.2) is 42.7 Å². The van der Waals surface area contributed by atoms with E-state index in [4.69, 9.17) is 14.6 Å². The van der Waals surface area contributed by atoms with E-state index in [-0.39, 0.29) is 15.2 Å². The van der Waals surface area contributed by atoms with Gasteiger partial charge in [-0.1, -0.05) is 45.0 Å². The van der Waals surface area contributed by atoms with Crippen molar-refractivity contribution >= 4 is 20.1 Å². The van der Waals surface area contributed by atoms with E-state index in [9.17, 15) is 0 Å². The van der Waals surface area contributed by atoms with Crippen LogP contribution in [0.4, 0.5) is 0 Å². The van der Waals surface area contributed by atoms with E-state index >= 15 is 0 Å². The van der Waals surface area contributed by atoms with Crippen molar-refractivity contribution in [3.8, 4) is 11.4 Å². The fraction of sp³-hybridized carbons (Fsp3) is 0.556. The summed E-state index contributed by atoms with van der Waals surface area (Å²) in [5, 5.41) is 9.74. The molecule has 0 saturated heterocycles. The van der Waals surface area contributed by atoms with E-state index in [1.807, 2.05) is 17.8 Å². The third kappa shape index (κ3) is 4.72. The highest BCUT2D eigenvalue weighted by molar-refractivity contribution is 8.00. The molecule has 1 aliphatic carbocycles. The predicted molar refractivity (Wildman–Crippen MR) is 145 cm³/mol. The van der Waals surface area contributed by atoms with Gasteiger partial charge in [0.1, 0.15) is 11.6 Å². The Balaban J connectivity index is 1.36. The standard InChI is InChI=1S/C27H37N5OSSi/c1-25(2,3)35(5,6)33-19-26(4)18-22-30-31-24(32(22)16-17-34-26)27(12-13-27)21-10-8-20(9-11-21)23-28-14-7-15-29-23/h7-11,14-15H,12-13,16-19H2,1-6H3. The molecule has 0 N–H and O–H groups in total. The van der Waals surface area contributed by atoms with Gasteiger partial charge in [-0.2, -0.15) is 11.8 Å². The summed E-state index contributed by atoms with van der Waals surface area (Å²) in [4.78, 5) is 8.77. The Hall–Kier alpha value is -2.03. The molecule has 0 spiro atoms. The van der Waals surface area contributed by atoms with Crippen LogP contribution in [0.3, 0.4) is 0 Å². The van der Waals surface area contributed by atoms with E-state index in [1.165, 1.54) is 5.56 Å². The first-order chi connectivity index (χ1) is 16.5. The van der Waals surface area contributed by atoms with Gasteiger partial charge in [0.25, 0.3) is 0 Å². The van der Waals surface area contributed by atoms with Gasteiger partial charge in [-0.05, 0) is 49.5 Å². The topological polar surface area (TPSA) is 65.7 Å². The zero-order valence-electron chi connectivity index (χ0n) is 21.8. The van der Waals surface area contributed by atoms with Crippen LogP contribution in [0.2, 0.25) is 18.1 Å². The Morgan fingerprint density at radius 3 is 2.37 bits per heavy atom. The van der Waals surface area contributed by atoms with Crippen LogP contribution < -0.4 is 0 Å². The largest absolute Gasteiger partial charge is 0.415 e. The van der Waals surface area contributed by atoms with Crippen molar-refractivity contribution in [1.82, 2.24) is 24.7 Å². The molecule has 1 aromatic carbocycles. The normalized spacial score (nSPS) is 21.9. The SMILES string of the molecule is CC1(CO[Si](C)(C)C(C)(C)C)Cc2nnc(C3(c4ccc(-c5ncccn5)cc4)CC3)n2CCS1. The summed E-state index contributed by atoms with van der Waals surface area (Å²) in [5.41, 5.74) is 2.33. The summed E-state index contributed by atoms with van der Waals surface area (Å²) in [6, 6.07) is 10.6. The van der Waals surface area contributed by atoms with Crippen LogP contribution in [-0.2, 0) is 22.8 Å². The minimum atomic E-state index is -1.80. The zero-order chi connectivity index (χ0) is 24.9. The second kappa shape index (κ2) is 8.82. The van der Waals surface area contributed by atoms with E-state index in [1.54, 1.807) is 12.4 Å². The third-order valence-corrected chi connectivity index (χ3v) is 13.9. The van der Waals surface area contributed by atoms with E-state index in [0.717, 1.165) is 61.2 Å². The molecule has 2 aliphatic rings. The number of hydrogen-bond donors (Lipinski definition) is 0. The summed E-state index contributed by atoms with van der Waals surface area (Å²) in [6.07, 6.45) is 6.69. The maximum Gasteiger partial charge on any atom is 0.192 e. The predicted octanol–water partition coefficient (Wildman–Crippen LogP) is 5.88. The van der Waals surface area contributed by atoms with Crippen LogP contribution in [0, 0.1) is 0 Å². The molecule has 1 fully saturated rings. The fourth-order valence-electron chi connectivity index (χ4n) is 4.62. The smallest absolute Gasteiger partial charge is 0.192 e. The van der Waals surface area contributed by atoms with Crippen LogP contribution in [-0.4, -0.2) is 50.2 Å². The highest BCUT2D eigenvalue weighted by atomic mass is 32.2. The molecule has 0 radical (unpaired) electrons. The average molecular weight is 508 g/mol. The molecule has 0 bridgehead atoms. The Morgan fingerprint density at radius 1 is 1.06 bits per heavy atom. The lowest BCUT2D eigenvalue weighted by molar-refractivity contribution is 0.252. The fourth-order valence-corrected chi connectivity index (χ4v) is 6.98. The van der Waals surface area contributed by atoms with Crippen molar-refractivity contribution < 1.29 is 4.43 Å². The lowest BCUT2D eigenvalue weighted by Gasteiger charge is -2.39. The van der Waals surface area contributed by atoms with Crippen molar-refractivity contribution in [2.75, 3.05) is 12.4 Å². The number of benzene rings is 1. The maximum atomic E-state index is 6.66. The minimum absolute atomic E-state index is 0.0160. The Labute approximate surface area is 214 Å². The van der Waals surface area contributed by atoms with Gasteiger partial charge in [-0.25, -0.2) is 9.97 Å². The molecule has 186 valence electrons. The van der Waals surface area contributed by atoms with Crippen molar-refractivity contribution in [2.24, 2.45) is 0 Å². The second-order valence-electron chi connectivity index (χ2n) is 11.8. The average Bonchev–Trinajstić information content (AvgIpc) is 3.57. The number of hydrogen-bond acceptors (Lipinski definition) is 6. The Morgan fingerprint density at radius 2 is 1.74 bits per heavy atom. The van der Waals surface area contributed by atoms with Gasteiger partial charge in [0.05, 0.1) is 5.41 Å². The zero-order valence-corrected chi connectivity index (χ0v) is 23.7.